The molecular weight excluding hydrogens is 641 g/mol. The van der Waals surface area contributed by atoms with Crippen molar-refractivity contribution in [1.29, 1.82) is 0 Å². The van der Waals surface area contributed by atoms with Gasteiger partial charge in [0.1, 0.15) is 17.9 Å². The summed E-state index contributed by atoms with van der Waals surface area (Å²) in [5.41, 5.74) is 5.65. The molecule has 45 heavy (non-hydrogen) atoms. The van der Waals surface area contributed by atoms with Crippen LogP contribution in [0, 0.1) is 11.6 Å². The fourth-order valence-electron chi connectivity index (χ4n) is 2.64. The fraction of sp³-hybridized carbons (Fsp3) is 0.333. The Labute approximate surface area is 270 Å². The molecule has 0 atom stereocenters. The highest BCUT2D eigenvalue weighted by Crippen LogP contribution is 2.20. The van der Waals surface area contributed by atoms with Gasteiger partial charge in [0.15, 0.2) is 11.1 Å². The van der Waals surface area contributed by atoms with Crippen LogP contribution < -0.4 is 11.1 Å². The zero-order chi connectivity index (χ0) is 34.4. The molecule has 0 unspecified atom stereocenters. The molecule has 0 heterocycles. The number of hydrogen-bond acceptors (Lipinski definition) is 11. The molecule has 0 aliphatic rings. The van der Waals surface area contributed by atoms with Crippen molar-refractivity contribution >= 4 is 58.5 Å². The second-order valence-corrected chi connectivity index (χ2v) is 8.69. The van der Waals surface area contributed by atoms with E-state index in [2.05, 4.69) is 14.8 Å². The first-order chi connectivity index (χ1) is 21.4. The van der Waals surface area contributed by atoms with Crippen LogP contribution >= 0.6 is 23.2 Å². The lowest BCUT2D eigenvalue weighted by atomic mass is 10.2. The summed E-state index contributed by atoms with van der Waals surface area (Å²) >= 11 is 11.0. The van der Waals surface area contributed by atoms with Crippen molar-refractivity contribution in [2.45, 2.75) is 34.6 Å². The summed E-state index contributed by atoms with van der Waals surface area (Å²) in [6.45, 7) is 9.29. The van der Waals surface area contributed by atoms with E-state index < -0.39 is 35.5 Å². The number of carbonyl (C=O) groups is 4. The lowest BCUT2D eigenvalue weighted by Gasteiger charge is -2.08. The van der Waals surface area contributed by atoms with Gasteiger partial charge in [0.25, 0.3) is 0 Å². The van der Waals surface area contributed by atoms with Crippen LogP contribution in [0.4, 0.5) is 20.2 Å². The molecule has 0 bridgehead atoms. The first kappa shape index (κ1) is 40.6. The molecule has 248 valence electrons. The van der Waals surface area contributed by atoms with E-state index in [1.54, 1.807) is 34.6 Å². The Bertz CT molecular complexity index is 1300. The van der Waals surface area contributed by atoms with Gasteiger partial charge in [-0.3, -0.25) is 0 Å². The summed E-state index contributed by atoms with van der Waals surface area (Å²) in [6.07, 6.45) is 2.20. The number of nitrogens with two attached hydrogens (primary N) is 1. The zero-order valence-electron chi connectivity index (χ0n) is 25.4. The second kappa shape index (κ2) is 23.1. The van der Waals surface area contributed by atoms with E-state index in [1.807, 2.05) is 0 Å². The minimum atomic E-state index is -0.809. The Hall–Kier alpha value is -4.36. The van der Waals surface area contributed by atoms with Crippen molar-refractivity contribution < 1.29 is 51.6 Å². The van der Waals surface area contributed by atoms with E-state index >= 15 is 0 Å². The standard InChI is InChI=1S/C14H15ClFNO4.C10H16O5.C6H5ClFN/c1-3-20-13(18)10(14(19)21-4-2)8-17-9-5-6-12(16)11(15)7-9;1-4-13-7-8(9(11)14-5-2)10(12)15-6-3;7-5-3-4(9)1-2-6(5)8/h5-8,17H,3-4H2,1-2H3;7H,4-6H2,1-3H3;1-3H,9H2. The second-order valence-electron chi connectivity index (χ2n) is 7.87. The molecule has 2 aromatic rings. The van der Waals surface area contributed by atoms with E-state index in [0.717, 1.165) is 18.5 Å². The summed E-state index contributed by atoms with van der Waals surface area (Å²) in [4.78, 5) is 46.0. The predicted octanol–water partition coefficient (Wildman–Crippen LogP) is 6.00. The molecule has 15 heteroatoms. The van der Waals surface area contributed by atoms with Crippen LogP contribution in [0.3, 0.4) is 0 Å². The molecular formula is C30H36Cl2F2N2O9. The minimum absolute atomic E-state index is 0.0648. The van der Waals surface area contributed by atoms with E-state index in [4.69, 9.17) is 43.1 Å². The highest BCUT2D eigenvalue weighted by molar-refractivity contribution is 6.31. The number of halogens is 4. The van der Waals surface area contributed by atoms with Gasteiger partial charge < -0.3 is 34.7 Å². The van der Waals surface area contributed by atoms with E-state index in [-0.39, 0.29) is 47.6 Å². The number of ether oxygens (including phenoxy) is 5. The number of benzene rings is 2. The van der Waals surface area contributed by atoms with Gasteiger partial charge in [0.05, 0.1) is 43.1 Å². The monoisotopic (exact) mass is 676 g/mol. The van der Waals surface area contributed by atoms with Crippen LogP contribution in [0.2, 0.25) is 10.0 Å². The molecule has 2 aromatic carbocycles. The molecule has 0 saturated carbocycles. The molecule has 0 fully saturated rings. The number of esters is 4. The molecule has 0 saturated heterocycles. The van der Waals surface area contributed by atoms with Crippen molar-refractivity contribution in [3.05, 3.63) is 81.7 Å². The fourth-order valence-corrected chi connectivity index (χ4v) is 3.01. The quantitative estimate of drug-likeness (QED) is 0.0518. The van der Waals surface area contributed by atoms with Gasteiger partial charge in [0.2, 0.25) is 0 Å². The summed E-state index contributed by atoms with van der Waals surface area (Å²) in [7, 11) is 0. The molecule has 0 aliphatic heterocycles. The van der Waals surface area contributed by atoms with Crippen molar-refractivity contribution in [2.24, 2.45) is 0 Å². The third-order valence-corrected chi connectivity index (χ3v) is 5.17. The van der Waals surface area contributed by atoms with Crippen LogP contribution in [-0.2, 0) is 42.9 Å². The minimum Gasteiger partial charge on any atom is -0.500 e. The van der Waals surface area contributed by atoms with Gasteiger partial charge in [-0.1, -0.05) is 23.2 Å². The Kier molecular flexibility index (Phi) is 20.8. The van der Waals surface area contributed by atoms with E-state index in [9.17, 15) is 28.0 Å². The lowest BCUT2D eigenvalue weighted by Crippen LogP contribution is -2.19. The topological polar surface area (TPSA) is 152 Å². The Balaban J connectivity index is 0.000000700. The molecule has 0 amide bonds. The summed E-state index contributed by atoms with van der Waals surface area (Å²) in [5, 5.41) is 2.66. The molecule has 0 aromatic heterocycles. The molecule has 0 spiro atoms. The van der Waals surface area contributed by atoms with Gasteiger partial charge in [0, 0.05) is 17.6 Å². The van der Waals surface area contributed by atoms with Crippen LogP contribution in [0.25, 0.3) is 0 Å². The average molecular weight is 678 g/mol. The van der Waals surface area contributed by atoms with Crippen LogP contribution in [0.5, 0.6) is 0 Å². The zero-order valence-corrected chi connectivity index (χ0v) is 26.9. The average Bonchev–Trinajstić information content (AvgIpc) is 2.98. The third kappa shape index (κ3) is 16.3. The van der Waals surface area contributed by atoms with E-state index in [1.165, 1.54) is 30.3 Å². The first-order valence-electron chi connectivity index (χ1n) is 13.5. The predicted molar refractivity (Wildman–Crippen MR) is 165 cm³/mol. The first-order valence-corrected chi connectivity index (χ1v) is 14.2. The number of carbonyl (C=O) groups excluding carboxylic acids is 4. The Morgan fingerprint density at radius 1 is 0.689 bits per heavy atom. The van der Waals surface area contributed by atoms with Gasteiger partial charge in [-0.2, -0.15) is 0 Å². The number of rotatable bonds is 12. The number of nitrogen functional groups attached to an aromatic ring is 1. The van der Waals surface area contributed by atoms with Crippen molar-refractivity contribution in [2.75, 3.05) is 44.1 Å². The lowest BCUT2D eigenvalue weighted by molar-refractivity contribution is -0.148. The van der Waals surface area contributed by atoms with Crippen LogP contribution in [-0.4, -0.2) is 56.9 Å². The molecule has 3 N–H and O–H groups in total. The molecule has 11 nitrogen and oxygen atoms in total. The highest BCUT2D eigenvalue weighted by atomic mass is 35.5. The largest absolute Gasteiger partial charge is 0.500 e. The summed E-state index contributed by atoms with van der Waals surface area (Å²) in [6, 6.07) is 7.95. The van der Waals surface area contributed by atoms with Gasteiger partial charge in [-0.05, 0) is 71.0 Å². The highest BCUT2D eigenvalue weighted by Gasteiger charge is 2.22. The molecule has 2 rings (SSSR count). The van der Waals surface area contributed by atoms with Crippen molar-refractivity contribution in [3.63, 3.8) is 0 Å². The third-order valence-electron chi connectivity index (χ3n) is 4.60. The smallest absolute Gasteiger partial charge is 0.348 e. The van der Waals surface area contributed by atoms with Crippen LogP contribution in [0.1, 0.15) is 34.6 Å². The Morgan fingerprint density at radius 2 is 1.11 bits per heavy atom. The molecule has 0 radical (unpaired) electrons. The van der Waals surface area contributed by atoms with Crippen molar-refractivity contribution in [3.8, 4) is 0 Å². The molecule has 0 aliphatic carbocycles. The van der Waals surface area contributed by atoms with Crippen LogP contribution in [0.15, 0.2) is 60.0 Å². The maximum absolute atomic E-state index is 13.0. The van der Waals surface area contributed by atoms with E-state index in [0.29, 0.717) is 18.0 Å². The van der Waals surface area contributed by atoms with Gasteiger partial charge in [-0.25, -0.2) is 28.0 Å². The Morgan fingerprint density at radius 3 is 1.49 bits per heavy atom. The SMILES string of the molecule is CCOC(=O)C(=CNc1ccc(F)c(Cl)c1)C(=O)OCC.CCOC=C(C(=O)OCC)C(=O)OCC.Nc1ccc(F)c(Cl)c1. The van der Waals surface area contributed by atoms with Gasteiger partial charge >= 0.3 is 23.9 Å². The summed E-state index contributed by atoms with van der Waals surface area (Å²) < 4.78 is 49.1. The number of hydrogen-bond donors (Lipinski definition) is 2. The normalized spacial score (nSPS) is 9.44. The van der Waals surface area contributed by atoms with Gasteiger partial charge in [-0.15, -0.1) is 0 Å². The number of nitrogens with one attached hydrogen (secondary N) is 1. The maximum atomic E-state index is 13.0. The number of anilines is 2. The summed E-state index contributed by atoms with van der Waals surface area (Å²) in [5.74, 6) is -4.09. The maximum Gasteiger partial charge on any atom is 0.348 e. The van der Waals surface area contributed by atoms with Crippen molar-refractivity contribution in [1.82, 2.24) is 0 Å².